The van der Waals surface area contributed by atoms with Gasteiger partial charge in [-0.15, -0.1) is 0 Å². The van der Waals surface area contributed by atoms with Gasteiger partial charge < -0.3 is 9.64 Å². The van der Waals surface area contributed by atoms with Crippen molar-refractivity contribution in [2.45, 2.75) is 26.0 Å². The maximum absolute atomic E-state index is 12.1. The number of carbonyl (C=O) groups is 1. The van der Waals surface area contributed by atoms with Crippen LogP contribution in [0.3, 0.4) is 0 Å². The van der Waals surface area contributed by atoms with Crippen molar-refractivity contribution in [3.63, 3.8) is 0 Å². The van der Waals surface area contributed by atoms with Crippen LogP contribution in [0.15, 0.2) is 18.6 Å². The molecular formula is C11H15N3O2. The van der Waals surface area contributed by atoms with Crippen LogP contribution in [0.2, 0.25) is 0 Å². The van der Waals surface area contributed by atoms with E-state index in [2.05, 4.69) is 9.97 Å². The van der Waals surface area contributed by atoms with Crippen LogP contribution in [0.1, 0.15) is 24.3 Å². The van der Waals surface area contributed by atoms with E-state index in [9.17, 15) is 4.79 Å². The molecule has 0 spiro atoms. The fraction of sp³-hybridized carbons (Fsp3) is 0.545. The Morgan fingerprint density at radius 3 is 3.00 bits per heavy atom. The zero-order chi connectivity index (χ0) is 11.5. The van der Waals surface area contributed by atoms with Crippen LogP contribution in [-0.2, 0) is 4.74 Å². The summed E-state index contributed by atoms with van der Waals surface area (Å²) in [5.74, 6) is -0.0734. The van der Waals surface area contributed by atoms with Crippen LogP contribution in [0.4, 0.5) is 0 Å². The predicted molar refractivity (Wildman–Crippen MR) is 57.9 cm³/mol. The summed E-state index contributed by atoms with van der Waals surface area (Å²) < 4.78 is 5.48. The molecule has 2 heterocycles. The molecule has 1 aromatic rings. The first-order valence-electron chi connectivity index (χ1n) is 5.37. The van der Waals surface area contributed by atoms with E-state index in [0.29, 0.717) is 18.8 Å². The second-order valence-electron chi connectivity index (χ2n) is 4.04. The summed E-state index contributed by atoms with van der Waals surface area (Å²) in [6.07, 6.45) is 4.66. The average molecular weight is 221 g/mol. The lowest BCUT2D eigenvalue weighted by Crippen LogP contribution is -2.50. The van der Waals surface area contributed by atoms with Crippen molar-refractivity contribution in [1.29, 1.82) is 0 Å². The summed E-state index contributed by atoms with van der Waals surface area (Å²) in [6, 6.07) is 0.0886. The van der Waals surface area contributed by atoms with Crippen molar-refractivity contribution < 1.29 is 9.53 Å². The Morgan fingerprint density at radius 1 is 1.50 bits per heavy atom. The minimum Gasteiger partial charge on any atom is -0.375 e. The number of aromatic nitrogens is 2. The van der Waals surface area contributed by atoms with Crippen LogP contribution in [0, 0.1) is 0 Å². The average Bonchev–Trinajstić information content (AvgIpc) is 2.32. The molecule has 1 fully saturated rings. The Balaban J connectivity index is 2.15. The Labute approximate surface area is 94.5 Å². The molecule has 0 radical (unpaired) electrons. The molecule has 16 heavy (non-hydrogen) atoms. The van der Waals surface area contributed by atoms with E-state index in [1.54, 1.807) is 11.1 Å². The lowest BCUT2D eigenvalue weighted by molar-refractivity contribution is -0.0389. The van der Waals surface area contributed by atoms with E-state index in [1.807, 2.05) is 13.8 Å². The maximum Gasteiger partial charge on any atom is 0.274 e. The predicted octanol–water partition coefficient (Wildman–Crippen LogP) is 0.726. The normalized spacial score (nSPS) is 25.5. The van der Waals surface area contributed by atoms with Gasteiger partial charge in [0.1, 0.15) is 5.69 Å². The fourth-order valence-corrected chi connectivity index (χ4v) is 1.74. The Morgan fingerprint density at radius 2 is 2.31 bits per heavy atom. The summed E-state index contributed by atoms with van der Waals surface area (Å²) in [5, 5.41) is 0. The first-order chi connectivity index (χ1) is 7.68. The lowest BCUT2D eigenvalue weighted by Gasteiger charge is -2.36. The molecule has 5 heteroatoms. The van der Waals surface area contributed by atoms with Crippen molar-refractivity contribution in [2.75, 3.05) is 13.2 Å². The van der Waals surface area contributed by atoms with Gasteiger partial charge in [-0.3, -0.25) is 9.78 Å². The molecular weight excluding hydrogens is 206 g/mol. The number of rotatable bonds is 1. The molecule has 1 amide bonds. The second kappa shape index (κ2) is 4.57. The van der Waals surface area contributed by atoms with Crippen LogP contribution in [0.25, 0.3) is 0 Å². The van der Waals surface area contributed by atoms with Crippen LogP contribution >= 0.6 is 0 Å². The molecule has 0 aromatic carbocycles. The SMILES string of the molecule is CC1CN(C(=O)c2cnccn2)C(C)CO1. The molecule has 2 rings (SSSR count). The quantitative estimate of drug-likeness (QED) is 0.701. The first kappa shape index (κ1) is 11.0. The van der Waals surface area contributed by atoms with Crippen LogP contribution in [0.5, 0.6) is 0 Å². The van der Waals surface area contributed by atoms with Gasteiger partial charge in [-0.2, -0.15) is 0 Å². The van der Waals surface area contributed by atoms with Crippen molar-refractivity contribution in [3.05, 3.63) is 24.3 Å². The summed E-state index contributed by atoms with van der Waals surface area (Å²) in [7, 11) is 0. The van der Waals surface area contributed by atoms with Gasteiger partial charge in [0.2, 0.25) is 0 Å². The minimum atomic E-state index is -0.0734. The number of amides is 1. The molecule has 1 saturated heterocycles. The smallest absolute Gasteiger partial charge is 0.274 e. The van der Waals surface area contributed by atoms with Crippen molar-refractivity contribution in [3.8, 4) is 0 Å². The van der Waals surface area contributed by atoms with Gasteiger partial charge in [-0.1, -0.05) is 0 Å². The highest BCUT2D eigenvalue weighted by atomic mass is 16.5. The zero-order valence-electron chi connectivity index (χ0n) is 9.46. The molecule has 86 valence electrons. The summed E-state index contributed by atoms with van der Waals surface area (Å²) in [6.45, 7) is 5.12. The Hall–Kier alpha value is -1.49. The zero-order valence-corrected chi connectivity index (χ0v) is 9.46. The van der Waals surface area contributed by atoms with Gasteiger partial charge in [0.25, 0.3) is 5.91 Å². The minimum absolute atomic E-state index is 0.0734. The molecule has 5 nitrogen and oxygen atoms in total. The van der Waals surface area contributed by atoms with Crippen LogP contribution < -0.4 is 0 Å². The molecule has 1 aliphatic heterocycles. The van der Waals surface area contributed by atoms with Gasteiger partial charge in [0, 0.05) is 18.9 Å². The number of hydrogen-bond acceptors (Lipinski definition) is 4. The molecule has 0 aliphatic carbocycles. The largest absolute Gasteiger partial charge is 0.375 e. The molecule has 2 unspecified atom stereocenters. The number of hydrogen-bond donors (Lipinski definition) is 0. The summed E-state index contributed by atoms with van der Waals surface area (Å²) >= 11 is 0. The van der Waals surface area contributed by atoms with Crippen molar-refractivity contribution >= 4 is 5.91 Å². The maximum atomic E-state index is 12.1. The number of nitrogens with zero attached hydrogens (tertiary/aromatic N) is 3. The third kappa shape index (κ3) is 2.19. The summed E-state index contributed by atoms with van der Waals surface area (Å²) in [4.78, 5) is 21.8. The van der Waals surface area contributed by atoms with Gasteiger partial charge in [0.15, 0.2) is 0 Å². The van der Waals surface area contributed by atoms with E-state index >= 15 is 0 Å². The topological polar surface area (TPSA) is 55.3 Å². The number of carbonyl (C=O) groups excluding carboxylic acids is 1. The standard InChI is InChI=1S/C11H15N3O2/c1-8-7-16-9(2)6-14(8)11(15)10-5-12-3-4-13-10/h3-5,8-9H,6-7H2,1-2H3. The van der Waals surface area contributed by atoms with E-state index in [4.69, 9.17) is 4.74 Å². The molecule has 1 aliphatic rings. The third-order valence-corrected chi connectivity index (χ3v) is 2.65. The fourth-order valence-electron chi connectivity index (χ4n) is 1.74. The van der Waals surface area contributed by atoms with Gasteiger partial charge in [-0.25, -0.2) is 4.98 Å². The number of morpholine rings is 1. The molecule has 2 atom stereocenters. The van der Waals surface area contributed by atoms with Crippen molar-refractivity contribution in [2.24, 2.45) is 0 Å². The molecule has 0 N–H and O–H groups in total. The monoisotopic (exact) mass is 221 g/mol. The highest BCUT2D eigenvalue weighted by molar-refractivity contribution is 5.92. The van der Waals surface area contributed by atoms with Crippen LogP contribution in [-0.4, -0.2) is 46.1 Å². The van der Waals surface area contributed by atoms with Crippen molar-refractivity contribution in [1.82, 2.24) is 14.9 Å². The van der Waals surface area contributed by atoms with E-state index in [1.165, 1.54) is 12.4 Å². The highest BCUT2D eigenvalue weighted by Crippen LogP contribution is 2.13. The van der Waals surface area contributed by atoms with E-state index < -0.39 is 0 Å². The van der Waals surface area contributed by atoms with E-state index in [-0.39, 0.29) is 18.1 Å². The first-order valence-corrected chi connectivity index (χ1v) is 5.37. The highest BCUT2D eigenvalue weighted by Gasteiger charge is 2.28. The molecule has 1 aromatic heterocycles. The Bertz CT molecular complexity index is 369. The second-order valence-corrected chi connectivity index (χ2v) is 4.04. The van der Waals surface area contributed by atoms with Gasteiger partial charge in [-0.05, 0) is 13.8 Å². The number of ether oxygens (including phenoxy) is 1. The van der Waals surface area contributed by atoms with E-state index in [0.717, 1.165) is 0 Å². The lowest BCUT2D eigenvalue weighted by atomic mass is 10.2. The molecule has 0 bridgehead atoms. The third-order valence-electron chi connectivity index (χ3n) is 2.65. The molecule has 0 saturated carbocycles. The Kier molecular flexibility index (Phi) is 3.14. The van der Waals surface area contributed by atoms with Gasteiger partial charge >= 0.3 is 0 Å². The summed E-state index contributed by atoms with van der Waals surface area (Å²) in [5.41, 5.74) is 0.392. The van der Waals surface area contributed by atoms with Gasteiger partial charge in [0.05, 0.1) is 24.9 Å².